The Morgan fingerprint density at radius 1 is 1.33 bits per heavy atom. The molecule has 0 unspecified atom stereocenters. The summed E-state index contributed by atoms with van der Waals surface area (Å²) in [6, 6.07) is 0. The molecule has 0 aliphatic carbocycles. The van der Waals surface area contributed by atoms with Gasteiger partial charge in [-0.05, 0) is 12.8 Å². The summed E-state index contributed by atoms with van der Waals surface area (Å²) in [5.74, 6) is -2.32. The molecule has 2 N–H and O–H groups in total. The molecule has 1 atom stereocenters. The molecule has 0 spiro atoms. The predicted molar refractivity (Wildman–Crippen MR) is 42.8 cm³/mol. The Kier molecular flexibility index (Phi) is 3.24. The van der Waals surface area contributed by atoms with E-state index in [1.807, 2.05) is 0 Å². The van der Waals surface area contributed by atoms with Crippen LogP contribution in [0.15, 0.2) is 0 Å². The number of hydrogen-bond acceptors (Lipinski definition) is 2. The molecular formula is C8H14O4. The molecule has 0 aromatic rings. The Bertz CT molecular complexity index is 197. The fourth-order valence-electron chi connectivity index (χ4n) is 0.841. The van der Waals surface area contributed by atoms with Gasteiger partial charge in [-0.25, -0.2) is 0 Å². The highest BCUT2D eigenvalue weighted by molar-refractivity contribution is 5.81. The summed E-state index contributed by atoms with van der Waals surface area (Å²) in [7, 11) is 0. The lowest BCUT2D eigenvalue weighted by atomic mass is 9.76. The topological polar surface area (TPSA) is 74.6 Å². The number of carbonyl (C=O) groups is 2. The van der Waals surface area contributed by atoms with Gasteiger partial charge in [0.25, 0.3) is 0 Å². The minimum absolute atomic E-state index is 0.189. The Hall–Kier alpha value is -1.06. The van der Waals surface area contributed by atoms with Gasteiger partial charge < -0.3 is 10.2 Å². The molecule has 0 rings (SSSR count). The van der Waals surface area contributed by atoms with Crippen molar-refractivity contribution in [1.29, 1.82) is 0 Å². The van der Waals surface area contributed by atoms with E-state index >= 15 is 0 Å². The minimum Gasteiger partial charge on any atom is -0.481 e. The molecule has 4 heteroatoms. The maximum absolute atomic E-state index is 10.7. The summed E-state index contributed by atoms with van der Waals surface area (Å²) >= 11 is 0. The average Bonchev–Trinajstić information content (AvgIpc) is 1.84. The monoisotopic (exact) mass is 174 g/mol. The van der Waals surface area contributed by atoms with Crippen LogP contribution in [0.25, 0.3) is 0 Å². The van der Waals surface area contributed by atoms with Gasteiger partial charge in [-0.3, -0.25) is 9.59 Å². The summed E-state index contributed by atoms with van der Waals surface area (Å²) < 4.78 is 0. The molecule has 0 saturated heterocycles. The summed E-state index contributed by atoms with van der Waals surface area (Å²) in [5, 5.41) is 17.3. The van der Waals surface area contributed by atoms with Crippen molar-refractivity contribution >= 4 is 11.9 Å². The quantitative estimate of drug-likeness (QED) is 0.671. The van der Waals surface area contributed by atoms with Crippen LogP contribution in [0.1, 0.15) is 27.2 Å². The molecule has 12 heavy (non-hydrogen) atoms. The van der Waals surface area contributed by atoms with E-state index in [0.29, 0.717) is 0 Å². The first-order chi connectivity index (χ1) is 5.30. The van der Waals surface area contributed by atoms with Crippen molar-refractivity contribution in [3.8, 4) is 0 Å². The molecule has 0 amide bonds. The van der Waals surface area contributed by atoms with E-state index in [9.17, 15) is 9.59 Å². The van der Waals surface area contributed by atoms with Crippen molar-refractivity contribution in [1.82, 2.24) is 0 Å². The van der Waals surface area contributed by atoms with Crippen LogP contribution in [-0.4, -0.2) is 22.2 Å². The minimum atomic E-state index is -1.16. The fourth-order valence-corrected chi connectivity index (χ4v) is 0.841. The molecule has 0 heterocycles. The number of aliphatic carboxylic acids is 2. The number of carboxylic acids is 2. The molecular weight excluding hydrogens is 160 g/mol. The second kappa shape index (κ2) is 3.56. The van der Waals surface area contributed by atoms with Crippen LogP contribution in [0.4, 0.5) is 0 Å². The first-order valence-corrected chi connectivity index (χ1v) is 3.76. The van der Waals surface area contributed by atoms with E-state index in [0.717, 1.165) is 0 Å². The molecule has 0 aromatic carbocycles. The van der Waals surface area contributed by atoms with Gasteiger partial charge in [0.2, 0.25) is 0 Å². The SMILES string of the molecule is CC(C)[C@@](C)(CC(=O)O)C(=O)O. The van der Waals surface area contributed by atoms with Crippen LogP contribution in [0.5, 0.6) is 0 Å². The lowest BCUT2D eigenvalue weighted by Gasteiger charge is -2.26. The summed E-state index contributed by atoms with van der Waals surface area (Å²) in [6.07, 6.45) is -0.333. The zero-order valence-electron chi connectivity index (χ0n) is 7.50. The molecule has 0 saturated carbocycles. The van der Waals surface area contributed by atoms with Gasteiger partial charge >= 0.3 is 11.9 Å². The Labute approximate surface area is 71.2 Å². The molecule has 0 aliphatic rings. The summed E-state index contributed by atoms with van der Waals surface area (Å²) in [6.45, 7) is 4.86. The van der Waals surface area contributed by atoms with Crippen LogP contribution in [0.3, 0.4) is 0 Å². The lowest BCUT2D eigenvalue weighted by Crippen LogP contribution is -2.35. The van der Waals surface area contributed by atoms with E-state index in [4.69, 9.17) is 10.2 Å². The van der Waals surface area contributed by atoms with Gasteiger partial charge in [-0.1, -0.05) is 13.8 Å². The highest BCUT2D eigenvalue weighted by Crippen LogP contribution is 2.31. The highest BCUT2D eigenvalue weighted by atomic mass is 16.4. The van der Waals surface area contributed by atoms with E-state index < -0.39 is 17.4 Å². The molecule has 4 nitrogen and oxygen atoms in total. The number of rotatable bonds is 4. The van der Waals surface area contributed by atoms with Crippen molar-refractivity contribution in [2.75, 3.05) is 0 Å². The predicted octanol–water partition coefficient (Wildman–Crippen LogP) is 1.21. The van der Waals surface area contributed by atoms with Gasteiger partial charge in [0.15, 0.2) is 0 Å². The number of hydrogen-bond donors (Lipinski definition) is 2. The van der Waals surface area contributed by atoms with Crippen molar-refractivity contribution in [2.45, 2.75) is 27.2 Å². The van der Waals surface area contributed by atoms with Gasteiger partial charge in [-0.2, -0.15) is 0 Å². The summed E-state index contributed by atoms with van der Waals surface area (Å²) in [4.78, 5) is 21.1. The van der Waals surface area contributed by atoms with Crippen LogP contribution in [-0.2, 0) is 9.59 Å². The highest BCUT2D eigenvalue weighted by Gasteiger charge is 2.38. The lowest BCUT2D eigenvalue weighted by molar-refractivity contribution is -0.157. The largest absolute Gasteiger partial charge is 0.481 e. The van der Waals surface area contributed by atoms with E-state index in [1.54, 1.807) is 13.8 Å². The van der Waals surface area contributed by atoms with Gasteiger partial charge in [0.05, 0.1) is 11.8 Å². The first kappa shape index (κ1) is 10.9. The fraction of sp³-hybridized carbons (Fsp3) is 0.750. The van der Waals surface area contributed by atoms with Crippen molar-refractivity contribution in [3.63, 3.8) is 0 Å². The Morgan fingerprint density at radius 3 is 1.83 bits per heavy atom. The maximum Gasteiger partial charge on any atom is 0.310 e. The van der Waals surface area contributed by atoms with Crippen LogP contribution in [0.2, 0.25) is 0 Å². The van der Waals surface area contributed by atoms with E-state index in [2.05, 4.69) is 0 Å². The third-order valence-electron chi connectivity index (χ3n) is 2.28. The normalized spacial score (nSPS) is 15.7. The zero-order valence-corrected chi connectivity index (χ0v) is 7.50. The third kappa shape index (κ3) is 2.22. The summed E-state index contributed by atoms with van der Waals surface area (Å²) in [5.41, 5.74) is -1.16. The second-order valence-corrected chi connectivity index (χ2v) is 3.45. The standard InChI is InChI=1S/C8H14O4/c1-5(2)8(3,7(11)12)4-6(9)10/h5H,4H2,1-3H3,(H,9,10)(H,11,12)/t8-/m1/s1. The molecule has 0 radical (unpaired) electrons. The molecule has 70 valence electrons. The molecule has 0 aliphatic heterocycles. The second-order valence-electron chi connectivity index (χ2n) is 3.45. The van der Waals surface area contributed by atoms with Gasteiger partial charge in [-0.15, -0.1) is 0 Å². The van der Waals surface area contributed by atoms with Crippen LogP contribution < -0.4 is 0 Å². The van der Waals surface area contributed by atoms with Gasteiger partial charge in [0.1, 0.15) is 0 Å². The third-order valence-corrected chi connectivity index (χ3v) is 2.28. The van der Waals surface area contributed by atoms with Crippen LogP contribution >= 0.6 is 0 Å². The van der Waals surface area contributed by atoms with E-state index in [1.165, 1.54) is 6.92 Å². The smallest absolute Gasteiger partial charge is 0.310 e. The van der Waals surface area contributed by atoms with Crippen LogP contribution in [0, 0.1) is 11.3 Å². The van der Waals surface area contributed by atoms with E-state index in [-0.39, 0.29) is 12.3 Å². The van der Waals surface area contributed by atoms with Crippen molar-refractivity contribution in [2.24, 2.45) is 11.3 Å². The Morgan fingerprint density at radius 2 is 1.75 bits per heavy atom. The van der Waals surface area contributed by atoms with Crippen molar-refractivity contribution < 1.29 is 19.8 Å². The molecule has 0 bridgehead atoms. The molecule has 0 fully saturated rings. The first-order valence-electron chi connectivity index (χ1n) is 3.76. The number of carboxylic acid groups (broad SMARTS) is 2. The maximum atomic E-state index is 10.7. The Balaban J connectivity index is 4.62. The zero-order chi connectivity index (χ0) is 9.94. The average molecular weight is 174 g/mol. The van der Waals surface area contributed by atoms with Gasteiger partial charge in [0, 0.05) is 0 Å². The molecule has 0 aromatic heterocycles. The van der Waals surface area contributed by atoms with Crippen molar-refractivity contribution in [3.05, 3.63) is 0 Å².